The molecule has 2 atom stereocenters. The smallest absolute Gasteiger partial charge is 0.133 e. The third-order valence-electron chi connectivity index (χ3n) is 9.98. The van der Waals surface area contributed by atoms with Crippen LogP contribution >= 0.6 is 0 Å². The Bertz CT molecular complexity index is 1260. The molecule has 202 valence electrons. The van der Waals surface area contributed by atoms with Gasteiger partial charge in [0.2, 0.25) is 0 Å². The summed E-state index contributed by atoms with van der Waals surface area (Å²) in [4.78, 5) is 4.56. The van der Waals surface area contributed by atoms with Gasteiger partial charge in [0.05, 0.1) is 18.8 Å². The lowest BCUT2D eigenvalue weighted by molar-refractivity contribution is -0.253. The molecule has 8 rings (SSSR count). The summed E-state index contributed by atoms with van der Waals surface area (Å²) in [6.45, 7) is 4.28. The Morgan fingerprint density at radius 2 is 1.79 bits per heavy atom. The van der Waals surface area contributed by atoms with Crippen LogP contribution in [0.5, 0.6) is 0 Å². The number of rotatable bonds is 8. The zero-order valence-electron chi connectivity index (χ0n) is 21.9. The molecular weight excluding hydrogens is 487 g/mol. The second-order valence-corrected chi connectivity index (χ2v) is 12.6. The third-order valence-corrected chi connectivity index (χ3v) is 9.98. The molecule has 0 spiro atoms. The fraction of sp³-hybridized carbons (Fsp3) is 0.548. The van der Waals surface area contributed by atoms with E-state index in [-0.39, 0.29) is 41.9 Å². The second kappa shape index (κ2) is 8.83. The highest BCUT2D eigenvalue weighted by molar-refractivity contribution is 5.79. The summed E-state index contributed by atoms with van der Waals surface area (Å²) in [5, 5.41) is 13.2. The second-order valence-electron chi connectivity index (χ2n) is 12.6. The van der Waals surface area contributed by atoms with Crippen molar-refractivity contribution >= 4 is 11.3 Å². The fourth-order valence-electron chi connectivity index (χ4n) is 8.50. The molecule has 1 saturated heterocycles. The van der Waals surface area contributed by atoms with Crippen LogP contribution < -0.4 is 5.32 Å². The predicted molar refractivity (Wildman–Crippen MR) is 143 cm³/mol. The molecule has 4 aliphatic carbocycles. The van der Waals surface area contributed by atoms with Crippen molar-refractivity contribution in [3.63, 3.8) is 0 Å². The molecule has 0 radical (unpaired) electrons. The number of hydrogen-bond donors (Lipinski definition) is 2. The van der Waals surface area contributed by atoms with E-state index in [1.54, 1.807) is 0 Å². The molecule has 4 fully saturated rings. The topological polar surface area (TPSA) is 38.7 Å². The summed E-state index contributed by atoms with van der Waals surface area (Å²) in [5.41, 5.74) is 5.38. The Kier molecular flexibility index (Phi) is 5.73. The van der Waals surface area contributed by atoms with Crippen LogP contribution in [0, 0.1) is 17.0 Å². The van der Waals surface area contributed by atoms with E-state index in [0.29, 0.717) is 18.7 Å². The lowest BCUT2D eigenvalue weighted by Gasteiger charge is -2.76. The van der Waals surface area contributed by atoms with E-state index in [2.05, 4.69) is 34.2 Å². The summed E-state index contributed by atoms with van der Waals surface area (Å²) in [7, 11) is 0. The Labute approximate surface area is 222 Å². The molecule has 3 saturated carbocycles. The van der Waals surface area contributed by atoms with E-state index in [1.807, 2.05) is 12.1 Å². The normalized spacial score (nSPS) is 32.3. The van der Waals surface area contributed by atoms with Crippen molar-refractivity contribution in [2.75, 3.05) is 38.2 Å². The van der Waals surface area contributed by atoms with Gasteiger partial charge in [-0.3, -0.25) is 14.2 Å². The lowest BCUT2D eigenvalue weighted by atomic mass is 9.38. The molecule has 0 aromatic heterocycles. The Morgan fingerprint density at radius 1 is 1.08 bits per heavy atom. The summed E-state index contributed by atoms with van der Waals surface area (Å²) in [5.74, 6) is -1.01. The monoisotopic (exact) mass is 523 g/mol. The number of benzene rings is 2. The molecule has 6 aliphatic rings. The van der Waals surface area contributed by atoms with Gasteiger partial charge < -0.3 is 10.4 Å². The lowest BCUT2D eigenvalue weighted by Crippen LogP contribution is -2.77. The summed E-state index contributed by atoms with van der Waals surface area (Å²) >= 11 is 0. The molecule has 2 aromatic carbocycles. The minimum Gasteiger partial charge on any atom is -0.396 e. The average molecular weight is 524 g/mol. The van der Waals surface area contributed by atoms with Crippen LogP contribution in [0.2, 0.25) is 0 Å². The first-order valence-electron chi connectivity index (χ1n) is 14.1. The number of fused-ring (bicyclic) bond motifs is 2. The largest absolute Gasteiger partial charge is 0.396 e. The first-order chi connectivity index (χ1) is 18.4. The van der Waals surface area contributed by atoms with Gasteiger partial charge in [0.25, 0.3) is 0 Å². The number of nitrogens with zero attached hydrogens (tertiary/aromatic N) is 2. The highest BCUT2D eigenvalue weighted by atomic mass is 19.1. The summed E-state index contributed by atoms with van der Waals surface area (Å²) < 4.78 is 44.5. The van der Waals surface area contributed by atoms with E-state index in [4.69, 9.17) is 0 Å². The van der Waals surface area contributed by atoms with E-state index in [9.17, 15) is 9.50 Å². The number of aliphatic hydroxyl groups excluding tert-OH is 1. The van der Waals surface area contributed by atoms with Crippen molar-refractivity contribution in [2.24, 2.45) is 5.41 Å². The number of nitrogens with one attached hydrogen (secondary N) is 1. The van der Waals surface area contributed by atoms with Gasteiger partial charge in [0.15, 0.2) is 0 Å². The van der Waals surface area contributed by atoms with Gasteiger partial charge >= 0.3 is 0 Å². The molecule has 38 heavy (non-hydrogen) atoms. The number of hydrogen-bond acceptors (Lipinski definition) is 4. The maximum Gasteiger partial charge on any atom is 0.133 e. The zero-order valence-corrected chi connectivity index (χ0v) is 21.9. The van der Waals surface area contributed by atoms with Crippen molar-refractivity contribution in [1.82, 2.24) is 9.80 Å². The van der Waals surface area contributed by atoms with Gasteiger partial charge in [-0.25, -0.2) is 8.78 Å². The Balaban J connectivity index is 1.22. The van der Waals surface area contributed by atoms with Crippen molar-refractivity contribution in [3.05, 3.63) is 70.3 Å². The van der Waals surface area contributed by atoms with Gasteiger partial charge in [-0.1, -0.05) is 24.3 Å². The van der Waals surface area contributed by atoms with Crippen LogP contribution in [0.15, 0.2) is 42.0 Å². The van der Waals surface area contributed by atoms with Gasteiger partial charge in [0.1, 0.15) is 11.6 Å². The fourth-order valence-corrected chi connectivity index (χ4v) is 8.50. The van der Waals surface area contributed by atoms with E-state index < -0.39 is 17.7 Å². The molecule has 2 heterocycles. The third kappa shape index (κ3) is 3.61. The quantitative estimate of drug-likeness (QED) is 0.481. The zero-order chi connectivity index (χ0) is 26.2. The number of anilines is 1. The van der Waals surface area contributed by atoms with Crippen molar-refractivity contribution in [2.45, 2.75) is 69.1 Å². The van der Waals surface area contributed by atoms with Gasteiger partial charge in [-0.2, -0.15) is 0 Å². The van der Waals surface area contributed by atoms with Gasteiger partial charge in [0, 0.05) is 49.1 Å². The molecule has 0 amide bonds. The molecule has 7 heteroatoms. The van der Waals surface area contributed by atoms with Crippen LogP contribution in [0.3, 0.4) is 0 Å². The van der Waals surface area contributed by atoms with E-state index in [0.717, 1.165) is 50.8 Å². The number of aliphatic hydroxyl groups is 1. The summed E-state index contributed by atoms with van der Waals surface area (Å²) in [6, 6.07) is 11.1. The molecule has 2 aromatic rings. The Morgan fingerprint density at radius 3 is 2.47 bits per heavy atom. The standard InChI is InChI=1S/C31H36F3N3O/c1-19-9-24-23-6-3-2-5-20(23)10-25(24)29(37(19)31-15-30(16-31,17-31)18-38)28-26(33)11-21(12-27(28)34)35-22-13-36(14-22)8-4-7-32/h2-3,5-6,11-12,19,22,29,35,38H,4,7-10,13-18H2,1H3/t19-,29+,30?,31?/m0/s1. The van der Waals surface area contributed by atoms with E-state index in [1.165, 1.54) is 28.8 Å². The van der Waals surface area contributed by atoms with Gasteiger partial charge in [-0.15, -0.1) is 0 Å². The molecule has 4 nitrogen and oxygen atoms in total. The maximum atomic E-state index is 16.0. The van der Waals surface area contributed by atoms with Crippen molar-refractivity contribution in [3.8, 4) is 0 Å². The predicted octanol–water partition coefficient (Wildman–Crippen LogP) is 5.48. The molecule has 0 unspecified atom stereocenters. The van der Waals surface area contributed by atoms with Crippen molar-refractivity contribution in [1.29, 1.82) is 0 Å². The highest BCUT2D eigenvalue weighted by Crippen LogP contribution is 2.72. The van der Waals surface area contributed by atoms with E-state index >= 15 is 8.78 Å². The number of alkyl halides is 1. The minimum absolute atomic E-state index is 0.00327. The summed E-state index contributed by atoms with van der Waals surface area (Å²) in [6.07, 6.45) is 4.81. The van der Waals surface area contributed by atoms with Crippen LogP contribution in [-0.4, -0.2) is 65.4 Å². The first-order valence-corrected chi connectivity index (χ1v) is 14.1. The Hall–Kier alpha value is -2.35. The van der Waals surface area contributed by atoms with Crippen LogP contribution in [0.25, 0.3) is 5.57 Å². The van der Waals surface area contributed by atoms with Crippen LogP contribution in [0.4, 0.5) is 18.9 Å². The van der Waals surface area contributed by atoms with Gasteiger partial charge in [-0.05, 0) is 85.3 Å². The molecule has 2 N–H and O–H groups in total. The van der Waals surface area contributed by atoms with Crippen LogP contribution in [-0.2, 0) is 6.42 Å². The van der Waals surface area contributed by atoms with Crippen molar-refractivity contribution < 1.29 is 18.3 Å². The number of halogens is 3. The highest BCUT2D eigenvalue weighted by Gasteiger charge is 2.71. The average Bonchev–Trinajstić information content (AvgIpc) is 3.18. The molecule has 2 aliphatic heterocycles. The van der Waals surface area contributed by atoms with Crippen LogP contribution in [0.1, 0.15) is 61.8 Å². The minimum atomic E-state index is -0.503. The first kappa shape index (κ1) is 24.7. The number of likely N-dealkylation sites (tertiary alicyclic amines) is 1. The molecule has 2 bridgehead atoms. The molecular formula is C31H36F3N3O. The SMILES string of the molecule is C[C@H]1CC2=C(Cc3ccccc32)[C@H](c2c(F)cc(NC3CN(CCCF)C3)cc2F)N1C12CC(CO)(C1)C2. The maximum absolute atomic E-state index is 16.0.